The van der Waals surface area contributed by atoms with Crippen LogP contribution in [0, 0.1) is 10.1 Å². The van der Waals surface area contributed by atoms with E-state index in [9.17, 15) is 14.9 Å². The number of carbonyl (C=O) groups is 1. The molecule has 1 fully saturated rings. The average Bonchev–Trinajstić information content (AvgIpc) is 2.48. The van der Waals surface area contributed by atoms with Crippen LogP contribution in [0.3, 0.4) is 0 Å². The Morgan fingerprint density at radius 3 is 2.68 bits per heavy atom. The number of nitro groups is 1. The van der Waals surface area contributed by atoms with Crippen molar-refractivity contribution < 1.29 is 14.5 Å². The highest BCUT2D eigenvalue weighted by atomic mass is 35.5. The minimum atomic E-state index is -0.495. The Kier molecular flexibility index (Phi) is 5.74. The molecule has 0 aliphatic heterocycles. The number of Topliss-reactive ketones (excluding diaryl/α,β-unsaturated/α-hetero) is 1. The van der Waals surface area contributed by atoms with Crippen LogP contribution in [-0.2, 0) is 4.74 Å². The highest BCUT2D eigenvalue weighted by Gasteiger charge is 2.23. The average molecular weight is 327 g/mol. The van der Waals surface area contributed by atoms with Gasteiger partial charge in [-0.15, -0.1) is 0 Å². The molecule has 0 amide bonds. The topological polar surface area (TPSA) is 81.5 Å². The van der Waals surface area contributed by atoms with E-state index in [1.165, 1.54) is 25.7 Å². The van der Waals surface area contributed by atoms with Gasteiger partial charge in [-0.3, -0.25) is 14.9 Å². The Hall–Kier alpha value is -1.66. The molecule has 2 rings (SSSR count). The van der Waals surface area contributed by atoms with Crippen LogP contribution >= 0.6 is 11.6 Å². The Morgan fingerprint density at radius 2 is 2.09 bits per heavy atom. The summed E-state index contributed by atoms with van der Waals surface area (Å²) in [5.41, 5.74) is 0.356. The summed E-state index contributed by atoms with van der Waals surface area (Å²) in [7, 11) is 1.39. The lowest BCUT2D eigenvalue weighted by Crippen LogP contribution is -2.23. The highest BCUT2D eigenvalue weighted by molar-refractivity contribution is 6.34. The van der Waals surface area contributed by atoms with Crippen LogP contribution in [-0.4, -0.2) is 30.5 Å². The summed E-state index contributed by atoms with van der Waals surface area (Å²) >= 11 is 6.12. The zero-order chi connectivity index (χ0) is 16.1. The second-order valence-corrected chi connectivity index (χ2v) is 5.85. The van der Waals surface area contributed by atoms with Crippen molar-refractivity contribution in [3.05, 3.63) is 32.8 Å². The smallest absolute Gasteiger partial charge is 0.293 e. The lowest BCUT2D eigenvalue weighted by molar-refractivity contribution is -0.384. The normalized spacial score (nSPS) is 15.5. The molecule has 6 nitrogen and oxygen atoms in total. The maximum atomic E-state index is 11.9. The molecular weight excluding hydrogens is 308 g/mol. The third kappa shape index (κ3) is 3.96. The fourth-order valence-electron chi connectivity index (χ4n) is 2.72. The van der Waals surface area contributed by atoms with Crippen molar-refractivity contribution in [1.82, 2.24) is 0 Å². The van der Waals surface area contributed by atoms with Crippen LogP contribution in [0.25, 0.3) is 0 Å². The fourth-order valence-corrected chi connectivity index (χ4v) is 2.99. The molecule has 7 heteroatoms. The zero-order valence-corrected chi connectivity index (χ0v) is 13.2. The van der Waals surface area contributed by atoms with Crippen molar-refractivity contribution >= 4 is 28.8 Å². The number of nitrogens with one attached hydrogen (secondary N) is 1. The van der Waals surface area contributed by atoms with E-state index in [1.807, 2.05) is 0 Å². The summed E-state index contributed by atoms with van der Waals surface area (Å²) in [5.74, 6) is -0.375. The number of hydrogen-bond donors (Lipinski definition) is 1. The van der Waals surface area contributed by atoms with Crippen molar-refractivity contribution in [2.75, 3.05) is 19.0 Å². The molecule has 22 heavy (non-hydrogen) atoms. The summed E-state index contributed by atoms with van der Waals surface area (Å²) < 4.78 is 4.77. The van der Waals surface area contributed by atoms with Crippen LogP contribution in [0.15, 0.2) is 12.1 Å². The summed E-state index contributed by atoms with van der Waals surface area (Å²) in [5, 5.41) is 14.7. The summed E-state index contributed by atoms with van der Waals surface area (Å²) in [6, 6.07) is 2.91. The Bertz CT molecular complexity index is 571. The van der Waals surface area contributed by atoms with Crippen molar-refractivity contribution in [3.63, 3.8) is 0 Å². The summed E-state index contributed by atoms with van der Waals surface area (Å²) in [4.78, 5) is 22.7. The predicted molar refractivity (Wildman–Crippen MR) is 84.8 cm³/mol. The SMILES string of the molecule is COCC(=O)c1cc([N+](=O)[O-])c(NC2CCCCC2)cc1Cl. The monoisotopic (exact) mass is 326 g/mol. The van der Waals surface area contributed by atoms with Gasteiger partial charge in [0.15, 0.2) is 5.78 Å². The Labute approximate surface area is 133 Å². The third-order valence-electron chi connectivity index (χ3n) is 3.82. The molecular formula is C15H19ClN2O4. The quantitative estimate of drug-likeness (QED) is 0.488. The lowest BCUT2D eigenvalue weighted by Gasteiger charge is -2.24. The van der Waals surface area contributed by atoms with Gasteiger partial charge in [-0.1, -0.05) is 30.9 Å². The second kappa shape index (κ2) is 7.56. The van der Waals surface area contributed by atoms with Crippen LogP contribution in [0.4, 0.5) is 11.4 Å². The minimum Gasteiger partial charge on any atom is -0.377 e. The first-order valence-electron chi connectivity index (χ1n) is 7.29. The minimum absolute atomic E-state index is 0.115. The first-order chi connectivity index (χ1) is 10.5. The number of anilines is 1. The number of ether oxygens (including phenoxy) is 1. The molecule has 0 bridgehead atoms. The number of hydrogen-bond acceptors (Lipinski definition) is 5. The Morgan fingerprint density at radius 1 is 1.41 bits per heavy atom. The third-order valence-corrected chi connectivity index (χ3v) is 4.14. The number of rotatable bonds is 6. The van der Waals surface area contributed by atoms with Crippen molar-refractivity contribution in [3.8, 4) is 0 Å². The number of carbonyl (C=O) groups excluding carboxylic acids is 1. The molecule has 0 radical (unpaired) electrons. The number of benzene rings is 1. The first kappa shape index (κ1) is 16.7. The van der Waals surface area contributed by atoms with E-state index in [0.29, 0.717) is 5.69 Å². The molecule has 0 spiro atoms. The van der Waals surface area contributed by atoms with E-state index >= 15 is 0 Å². The molecule has 0 heterocycles. The molecule has 1 aliphatic carbocycles. The van der Waals surface area contributed by atoms with Crippen molar-refractivity contribution in [1.29, 1.82) is 0 Å². The zero-order valence-electron chi connectivity index (χ0n) is 12.4. The number of ketones is 1. The highest BCUT2D eigenvalue weighted by Crippen LogP contribution is 2.33. The number of halogens is 1. The van der Waals surface area contributed by atoms with Gasteiger partial charge in [0.2, 0.25) is 0 Å². The van der Waals surface area contributed by atoms with Gasteiger partial charge in [0.05, 0.1) is 9.95 Å². The van der Waals surface area contributed by atoms with Gasteiger partial charge in [-0.25, -0.2) is 0 Å². The number of nitrogens with zero attached hydrogens (tertiary/aromatic N) is 1. The summed E-state index contributed by atoms with van der Waals surface area (Å²) in [6.45, 7) is -0.160. The van der Waals surface area contributed by atoms with Gasteiger partial charge in [-0.05, 0) is 18.9 Å². The molecule has 1 aliphatic rings. The van der Waals surface area contributed by atoms with Crippen molar-refractivity contribution in [2.24, 2.45) is 0 Å². The molecule has 1 N–H and O–H groups in total. The molecule has 0 unspecified atom stereocenters. The predicted octanol–water partition coefficient (Wildman–Crippen LogP) is 3.82. The second-order valence-electron chi connectivity index (χ2n) is 5.44. The fraction of sp³-hybridized carbons (Fsp3) is 0.533. The van der Waals surface area contributed by atoms with E-state index in [1.54, 1.807) is 0 Å². The first-order valence-corrected chi connectivity index (χ1v) is 7.67. The Balaban J connectivity index is 2.30. The van der Waals surface area contributed by atoms with Crippen LogP contribution < -0.4 is 5.32 Å². The van der Waals surface area contributed by atoms with E-state index in [4.69, 9.17) is 16.3 Å². The molecule has 0 saturated heterocycles. The largest absolute Gasteiger partial charge is 0.377 e. The van der Waals surface area contributed by atoms with E-state index in [2.05, 4.69) is 5.32 Å². The number of methoxy groups -OCH3 is 1. The lowest BCUT2D eigenvalue weighted by atomic mass is 9.95. The van der Waals surface area contributed by atoms with Crippen LogP contribution in [0.5, 0.6) is 0 Å². The molecule has 0 aromatic heterocycles. The number of nitro benzene ring substituents is 1. The molecule has 120 valence electrons. The standard InChI is InChI=1S/C15H19ClN2O4/c1-22-9-15(19)11-7-14(18(20)21)13(8-12(11)16)17-10-5-3-2-4-6-10/h7-8,10,17H,2-6,9H2,1H3. The van der Waals surface area contributed by atoms with Crippen molar-refractivity contribution in [2.45, 2.75) is 38.1 Å². The maximum Gasteiger partial charge on any atom is 0.293 e. The van der Waals surface area contributed by atoms with Gasteiger partial charge < -0.3 is 10.1 Å². The molecule has 1 aromatic carbocycles. The van der Waals surface area contributed by atoms with Gasteiger partial charge in [0, 0.05) is 24.8 Å². The van der Waals surface area contributed by atoms with Gasteiger partial charge in [0.25, 0.3) is 5.69 Å². The van der Waals surface area contributed by atoms with Crippen LogP contribution in [0.2, 0.25) is 5.02 Å². The van der Waals surface area contributed by atoms with Gasteiger partial charge >= 0.3 is 0 Å². The summed E-state index contributed by atoms with van der Waals surface area (Å²) in [6.07, 6.45) is 5.40. The van der Waals surface area contributed by atoms with E-state index in [-0.39, 0.29) is 34.7 Å². The van der Waals surface area contributed by atoms with E-state index in [0.717, 1.165) is 25.7 Å². The van der Waals surface area contributed by atoms with Gasteiger partial charge in [-0.2, -0.15) is 0 Å². The maximum absolute atomic E-state index is 11.9. The van der Waals surface area contributed by atoms with Crippen LogP contribution in [0.1, 0.15) is 42.5 Å². The van der Waals surface area contributed by atoms with E-state index < -0.39 is 4.92 Å². The molecule has 1 saturated carbocycles. The van der Waals surface area contributed by atoms with Gasteiger partial charge in [0.1, 0.15) is 12.3 Å². The molecule has 1 aromatic rings. The molecule has 0 atom stereocenters.